The maximum absolute atomic E-state index is 12.5. The first-order valence-electron chi connectivity index (χ1n) is 6.75. The summed E-state index contributed by atoms with van der Waals surface area (Å²) >= 11 is 5.98. The molecule has 0 aliphatic carbocycles. The summed E-state index contributed by atoms with van der Waals surface area (Å²) in [5, 5.41) is 3.80. The second-order valence-corrected chi connectivity index (χ2v) is 5.44. The molecule has 2 aromatic rings. The average molecular weight is 303 g/mol. The van der Waals surface area contributed by atoms with Gasteiger partial charge in [-0.2, -0.15) is 0 Å². The van der Waals surface area contributed by atoms with Crippen LogP contribution in [0.2, 0.25) is 5.02 Å². The fourth-order valence-corrected chi connectivity index (χ4v) is 2.61. The molecule has 1 saturated heterocycles. The number of carbonyl (C=O) groups excluding carboxylic acids is 1. The number of aromatic nitrogens is 2. The number of anilines is 2. The van der Waals surface area contributed by atoms with Crippen molar-refractivity contribution < 1.29 is 4.79 Å². The van der Waals surface area contributed by atoms with Crippen molar-refractivity contribution in [2.75, 3.05) is 16.8 Å². The third kappa shape index (κ3) is 2.97. The maximum Gasteiger partial charge on any atom is 0.249 e. The van der Waals surface area contributed by atoms with Crippen LogP contribution in [-0.4, -0.2) is 28.5 Å². The third-order valence-corrected chi connectivity index (χ3v) is 3.69. The van der Waals surface area contributed by atoms with Gasteiger partial charge in [0.1, 0.15) is 18.2 Å². The molecule has 1 N–H and O–H groups in total. The molecule has 3 rings (SSSR count). The topological polar surface area (TPSA) is 58.1 Å². The molecule has 6 heteroatoms. The van der Waals surface area contributed by atoms with Gasteiger partial charge in [0, 0.05) is 29.0 Å². The summed E-state index contributed by atoms with van der Waals surface area (Å²) in [6, 6.07) is 8.90. The minimum atomic E-state index is -0.265. The van der Waals surface area contributed by atoms with Gasteiger partial charge in [0.05, 0.1) is 0 Å². The molecule has 0 bridgehead atoms. The van der Waals surface area contributed by atoms with Crippen molar-refractivity contribution in [1.29, 1.82) is 0 Å². The average Bonchev–Trinajstić information content (AvgIpc) is 2.80. The van der Waals surface area contributed by atoms with Crippen LogP contribution in [0.3, 0.4) is 0 Å². The highest BCUT2D eigenvalue weighted by Gasteiger charge is 2.32. The lowest BCUT2D eigenvalue weighted by Gasteiger charge is -2.17. The molecule has 1 atom stereocenters. The molecule has 0 saturated carbocycles. The summed E-state index contributed by atoms with van der Waals surface area (Å²) in [5.41, 5.74) is 1.69. The predicted octanol–water partition coefficient (Wildman–Crippen LogP) is 2.66. The molecule has 1 aliphatic rings. The smallest absolute Gasteiger partial charge is 0.249 e. The van der Waals surface area contributed by atoms with Gasteiger partial charge in [-0.15, -0.1) is 0 Å². The molecule has 0 spiro atoms. The molecular formula is C15H15ClN4O. The first-order chi connectivity index (χ1) is 10.1. The quantitative estimate of drug-likeness (QED) is 0.947. The van der Waals surface area contributed by atoms with Gasteiger partial charge in [0.2, 0.25) is 5.91 Å². The van der Waals surface area contributed by atoms with Gasteiger partial charge in [0.15, 0.2) is 0 Å². The van der Waals surface area contributed by atoms with E-state index >= 15 is 0 Å². The van der Waals surface area contributed by atoms with Crippen LogP contribution in [0.15, 0.2) is 36.7 Å². The van der Waals surface area contributed by atoms with E-state index in [4.69, 9.17) is 11.6 Å². The Bertz CT molecular complexity index is 676. The van der Waals surface area contributed by atoms with Gasteiger partial charge in [-0.3, -0.25) is 4.79 Å². The fourth-order valence-electron chi connectivity index (χ4n) is 2.43. The van der Waals surface area contributed by atoms with Crippen LogP contribution in [0.5, 0.6) is 0 Å². The van der Waals surface area contributed by atoms with Crippen LogP contribution in [0.1, 0.15) is 12.1 Å². The molecule has 5 nitrogen and oxygen atoms in total. The lowest BCUT2D eigenvalue weighted by molar-refractivity contribution is -0.117. The van der Waals surface area contributed by atoms with Gasteiger partial charge in [0.25, 0.3) is 0 Å². The lowest BCUT2D eigenvalue weighted by atomic mass is 10.2. The summed E-state index contributed by atoms with van der Waals surface area (Å²) in [7, 11) is 0. The zero-order chi connectivity index (χ0) is 14.8. The Morgan fingerprint density at radius 2 is 2.19 bits per heavy atom. The van der Waals surface area contributed by atoms with Crippen LogP contribution in [-0.2, 0) is 4.79 Å². The van der Waals surface area contributed by atoms with E-state index in [1.165, 1.54) is 6.33 Å². The van der Waals surface area contributed by atoms with Crippen molar-refractivity contribution in [2.24, 2.45) is 0 Å². The largest absolute Gasteiger partial charge is 0.358 e. The van der Waals surface area contributed by atoms with Gasteiger partial charge in [-0.25, -0.2) is 9.97 Å². The number of carbonyl (C=O) groups is 1. The molecule has 2 heterocycles. The van der Waals surface area contributed by atoms with E-state index in [9.17, 15) is 4.79 Å². The number of rotatable bonds is 3. The van der Waals surface area contributed by atoms with Crippen molar-refractivity contribution >= 4 is 29.0 Å². The number of halogens is 1. The molecule has 1 unspecified atom stereocenters. The Hall–Kier alpha value is -2.14. The minimum absolute atomic E-state index is 0.0357. The van der Waals surface area contributed by atoms with Crippen molar-refractivity contribution in [3.8, 4) is 0 Å². The fraction of sp³-hybridized carbons (Fsp3) is 0.267. The summed E-state index contributed by atoms with van der Waals surface area (Å²) in [6.07, 6.45) is 2.22. The molecule has 1 aromatic heterocycles. The Kier molecular flexibility index (Phi) is 3.75. The maximum atomic E-state index is 12.5. The number of nitrogens with zero attached hydrogens (tertiary/aromatic N) is 3. The van der Waals surface area contributed by atoms with Crippen LogP contribution >= 0.6 is 11.6 Å². The van der Waals surface area contributed by atoms with Crippen LogP contribution in [0, 0.1) is 6.92 Å². The van der Waals surface area contributed by atoms with Crippen LogP contribution in [0.4, 0.5) is 11.5 Å². The van der Waals surface area contributed by atoms with E-state index in [-0.39, 0.29) is 11.9 Å². The number of hydrogen-bond donors (Lipinski definition) is 1. The predicted molar refractivity (Wildman–Crippen MR) is 82.6 cm³/mol. The minimum Gasteiger partial charge on any atom is -0.358 e. The Morgan fingerprint density at radius 1 is 1.33 bits per heavy atom. The molecular weight excluding hydrogens is 288 g/mol. The van der Waals surface area contributed by atoms with E-state index in [1.807, 2.05) is 25.1 Å². The number of amides is 1. The molecule has 108 valence electrons. The second-order valence-electron chi connectivity index (χ2n) is 5.00. The molecule has 1 aromatic carbocycles. The molecule has 0 radical (unpaired) electrons. The molecule has 1 fully saturated rings. The van der Waals surface area contributed by atoms with Crippen LogP contribution < -0.4 is 10.2 Å². The van der Waals surface area contributed by atoms with Gasteiger partial charge in [-0.05, 0) is 31.5 Å². The highest BCUT2D eigenvalue weighted by Crippen LogP contribution is 2.25. The molecule has 1 aliphatic heterocycles. The normalized spacial score (nSPS) is 18.1. The van der Waals surface area contributed by atoms with E-state index < -0.39 is 0 Å². The van der Waals surface area contributed by atoms with Crippen molar-refractivity contribution in [3.05, 3.63) is 47.4 Å². The third-order valence-electron chi connectivity index (χ3n) is 3.45. The summed E-state index contributed by atoms with van der Waals surface area (Å²) in [4.78, 5) is 22.4. The lowest BCUT2D eigenvalue weighted by Crippen LogP contribution is -2.33. The SMILES string of the molecule is Cc1cc(NC2CCN(c3cccc(Cl)c3)C2=O)ncn1. The summed E-state index contributed by atoms with van der Waals surface area (Å²) in [5.74, 6) is 0.710. The Labute approximate surface area is 128 Å². The second kappa shape index (κ2) is 5.69. The summed E-state index contributed by atoms with van der Waals surface area (Å²) < 4.78 is 0. The van der Waals surface area contributed by atoms with E-state index in [2.05, 4.69) is 15.3 Å². The summed E-state index contributed by atoms with van der Waals surface area (Å²) in [6.45, 7) is 2.56. The van der Waals surface area contributed by atoms with E-state index in [1.54, 1.807) is 17.0 Å². The highest BCUT2D eigenvalue weighted by molar-refractivity contribution is 6.31. The number of aryl methyl sites for hydroxylation is 1. The van der Waals surface area contributed by atoms with Crippen molar-refractivity contribution in [1.82, 2.24) is 9.97 Å². The highest BCUT2D eigenvalue weighted by atomic mass is 35.5. The number of hydrogen-bond acceptors (Lipinski definition) is 4. The Balaban J connectivity index is 1.75. The van der Waals surface area contributed by atoms with E-state index in [0.29, 0.717) is 17.4 Å². The molecule has 21 heavy (non-hydrogen) atoms. The zero-order valence-electron chi connectivity index (χ0n) is 11.6. The first-order valence-corrected chi connectivity index (χ1v) is 7.13. The van der Waals surface area contributed by atoms with Crippen molar-refractivity contribution in [2.45, 2.75) is 19.4 Å². The Morgan fingerprint density at radius 3 is 2.95 bits per heavy atom. The van der Waals surface area contributed by atoms with Gasteiger partial charge < -0.3 is 10.2 Å². The van der Waals surface area contributed by atoms with Crippen LogP contribution in [0.25, 0.3) is 0 Å². The zero-order valence-corrected chi connectivity index (χ0v) is 12.3. The molecule has 1 amide bonds. The number of benzene rings is 1. The van der Waals surface area contributed by atoms with E-state index in [0.717, 1.165) is 17.8 Å². The number of nitrogens with one attached hydrogen (secondary N) is 1. The first kappa shape index (κ1) is 13.8. The van der Waals surface area contributed by atoms with Gasteiger partial charge >= 0.3 is 0 Å². The monoisotopic (exact) mass is 302 g/mol. The van der Waals surface area contributed by atoms with Crippen molar-refractivity contribution in [3.63, 3.8) is 0 Å². The standard InChI is InChI=1S/C15H15ClN4O/c1-10-7-14(18-9-17-10)19-13-5-6-20(15(13)21)12-4-2-3-11(16)8-12/h2-4,7-9,13H,5-6H2,1H3,(H,17,18,19). The van der Waals surface area contributed by atoms with Gasteiger partial charge in [-0.1, -0.05) is 17.7 Å².